The molecule has 9 aromatic rings. The number of rotatable bonds is 5. The van der Waals surface area contributed by atoms with Gasteiger partial charge >= 0.3 is 0 Å². The lowest BCUT2D eigenvalue weighted by atomic mass is 9.97. The van der Waals surface area contributed by atoms with E-state index in [2.05, 4.69) is 84.9 Å². The van der Waals surface area contributed by atoms with Crippen molar-refractivity contribution in [2.45, 2.75) is 0 Å². The van der Waals surface area contributed by atoms with Crippen LogP contribution >= 0.6 is 7.14 Å². The third-order valence-corrected chi connectivity index (χ3v) is 12.2. The lowest BCUT2D eigenvalue weighted by Crippen LogP contribution is -2.24. The molecule has 9 rings (SSSR count). The quantitative estimate of drug-likeness (QED) is 0.180. The van der Waals surface area contributed by atoms with Crippen LogP contribution in [0.5, 0.6) is 0 Å². The van der Waals surface area contributed by atoms with Gasteiger partial charge in [0.2, 0.25) is 0 Å². The second-order valence-corrected chi connectivity index (χ2v) is 14.6. The van der Waals surface area contributed by atoms with Crippen LogP contribution in [0.1, 0.15) is 0 Å². The molecular weight excluding hydrogens is 593 g/mol. The second kappa shape index (κ2) is 10.9. The Morgan fingerprint density at radius 1 is 0.489 bits per heavy atom. The highest BCUT2D eigenvalue weighted by atomic mass is 31.2. The van der Waals surface area contributed by atoms with Gasteiger partial charge in [-0.1, -0.05) is 152 Å². The van der Waals surface area contributed by atoms with Crippen LogP contribution in [0.15, 0.2) is 174 Å². The molecule has 0 saturated carbocycles. The summed E-state index contributed by atoms with van der Waals surface area (Å²) in [6, 6.07) is 57.2. The summed E-state index contributed by atoms with van der Waals surface area (Å²) in [6.07, 6.45) is 0. The number of benzene rings is 7. The van der Waals surface area contributed by atoms with Crippen molar-refractivity contribution in [1.29, 1.82) is 0 Å². The first-order valence-corrected chi connectivity index (χ1v) is 17.4. The summed E-state index contributed by atoms with van der Waals surface area (Å²) < 4.78 is 21.5. The molecule has 0 bridgehead atoms. The zero-order valence-electron chi connectivity index (χ0n) is 25.4. The number of hydrogen-bond acceptors (Lipinski definition) is 3. The molecule has 0 saturated heterocycles. The van der Waals surface area contributed by atoms with Gasteiger partial charge < -0.3 is 8.98 Å². The van der Waals surface area contributed by atoms with Crippen molar-refractivity contribution in [3.63, 3.8) is 0 Å². The molecule has 0 aliphatic rings. The fraction of sp³-hybridized carbons (Fsp3) is 0. The van der Waals surface area contributed by atoms with Gasteiger partial charge in [-0.2, -0.15) is 0 Å². The Labute approximate surface area is 272 Å². The highest BCUT2D eigenvalue weighted by molar-refractivity contribution is 7.85. The van der Waals surface area contributed by atoms with Gasteiger partial charge in [0.1, 0.15) is 11.3 Å². The Hall–Kier alpha value is -5.76. The Kier molecular flexibility index (Phi) is 6.41. The largest absolute Gasteiger partial charge is 0.454 e. The van der Waals surface area contributed by atoms with Gasteiger partial charge in [-0.05, 0) is 40.1 Å². The average Bonchev–Trinajstić information content (AvgIpc) is 3.55. The highest BCUT2D eigenvalue weighted by Crippen LogP contribution is 2.44. The second-order valence-electron chi connectivity index (χ2n) is 11.8. The van der Waals surface area contributed by atoms with Gasteiger partial charge in [0.05, 0.1) is 5.52 Å². The molecule has 0 aliphatic heterocycles. The van der Waals surface area contributed by atoms with Crippen molar-refractivity contribution in [3.8, 4) is 22.4 Å². The monoisotopic (exact) mass is 621 g/mol. The van der Waals surface area contributed by atoms with Crippen LogP contribution in [0.4, 0.5) is 0 Å². The first-order valence-electron chi connectivity index (χ1n) is 15.7. The van der Waals surface area contributed by atoms with Crippen LogP contribution in [0, 0.1) is 0 Å². The summed E-state index contributed by atoms with van der Waals surface area (Å²) in [5.41, 5.74) is 6.53. The third-order valence-electron chi connectivity index (χ3n) is 9.16. The van der Waals surface area contributed by atoms with Crippen molar-refractivity contribution in [2.24, 2.45) is 0 Å². The molecule has 2 heterocycles. The smallest absolute Gasteiger partial charge is 0.171 e. The van der Waals surface area contributed by atoms with Crippen molar-refractivity contribution in [2.75, 3.05) is 0 Å². The minimum Gasteiger partial charge on any atom is -0.454 e. The lowest BCUT2D eigenvalue weighted by molar-refractivity contribution is 0.592. The number of nitrogens with zero attached hydrogens (tertiary/aromatic N) is 1. The predicted octanol–water partition coefficient (Wildman–Crippen LogP) is 10.3. The minimum atomic E-state index is -3.05. The van der Waals surface area contributed by atoms with E-state index in [1.807, 2.05) is 84.9 Å². The zero-order valence-corrected chi connectivity index (χ0v) is 26.3. The van der Waals surface area contributed by atoms with E-state index < -0.39 is 7.14 Å². The van der Waals surface area contributed by atoms with Gasteiger partial charge in [0.15, 0.2) is 12.7 Å². The molecule has 222 valence electrons. The van der Waals surface area contributed by atoms with Gasteiger partial charge in [-0.3, -0.25) is 0 Å². The number of hydrogen-bond donors (Lipinski definition) is 0. The van der Waals surface area contributed by atoms with Crippen LogP contribution in [-0.4, -0.2) is 4.98 Å². The molecule has 0 fully saturated rings. The summed E-state index contributed by atoms with van der Waals surface area (Å²) in [6.45, 7) is 0. The van der Waals surface area contributed by atoms with Crippen LogP contribution < -0.4 is 15.9 Å². The first-order chi connectivity index (χ1) is 23.2. The fourth-order valence-corrected chi connectivity index (χ4v) is 9.51. The number of pyridine rings is 1. The number of furan rings is 1. The van der Waals surface area contributed by atoms with Crippen molar-refractivity contribution in [1.82, 2.24) is 4.98 Å². The Balaban J connectivity index is 1.22. The number of para-hydroxylation sites is 1. The van der Waals surface area contributed by atoms with E-state index in [-0.39, 0.29) is 0 Å². The fourth-order valence-electron chi connectivity index (χ4n) is 6.87. The molecule has 3 nitrogen and oxygen atoms in total. The Morgan fingerprint density at radius 2 is 1.09 bits per heavy atom. The standard InChI is InChI=1S/C43H28NO2P/c45-47(32-14-3-1-4-15-32,33-16-5-2-6-17-33)34-25-22-29(23-26-34)31-24-27-39-38(28-31)41-37-19-9-10-21-40(37)46-43(41)42(44-39)36-20-11-13-30-12-7-8-18-35(30)36/h1-28H. The lowest BCUT2D eigenvalue weighted by Gasteiger charge is -2.20. The molecule has 0 atom stereocenters. The summed E-state index contributed by atoms with van der Waals surface area (Å²) >= 11 is 0. The summed E-state index contributed by atoms with van der Waals surface area (Å²) in [5, 5.41) is 7.93. The minimum absolute atomic E-state index is 0.786. The maximum atomic E-state index is 14.9. The summed E-state index contributed by atoms with van der Waals surface area (Å²) in [5.74, 6) is 0. The first kappa shape index (κ1) is 27.5. The third kappa shape index (κ3) is 4.43. The Morgan fingerprint density at radius 3 is 1.83 bits per heavy atom. The highest BCUT2D eigenvalue weighted by Gasteiger charge is 2.29. The number of aromatic nitrogens is 1. The molecule has 0 amide bonds. The summed E-state index contributed by atoms with van der Waals surface area (Å²) in [4.78, 5) is 5.24. The maximum Gasteiger partial charge on any atom is 0.171 e. The zero-order chi connectivity index (χ0) is 31.4. The topological polar surface area (TPSA) is 43.1 Å². The van der Waals surface area contributed by atoms with Gasteiger partial charge in [-0.25, -0.2) is 4.98 Å². The molecule has 4 heteroatoms. The van der Waals surface area contributed by atoms with Crippen molar-refractivity contribution < 1.29 is 8.98 Å². The van der Waals surface area contributed by atoms with E-state index in [0.29, 0.717) is 0 Å². The molecular formula is C43H28NO2P. The van der Waals surface area contributed by atoms with E-state index in [0.717, 1.165) is 76.5 Å². The molecule has 7 aromatic carbocycles. The van der Waals surface area contributed by atoms with Crippen LogP contribution in [0.25, 0.3) is 66.0 Å². The molecule has 0 aliphatic carbocycles. The van der Waals surface area contributed by atoms with Gasteiger partial charge in [0.25, 0.3) is 0 Å². The van der Waals surface area contributed by atoms with E-state index in [9.17, 15) is 4.57 Å². The Bertz CT molecular complexity index is 2590. The van der Waals surface area contributed by atoms with E-state index >= 15 is 0 Å². The van der Waals surface area contributed by atoms with Gasteiger partial charge in [0, 0.05) is 37.6 Å². The molecule has 0 unspecified atom stereocenters. The summed E-state index contributed by atoms with van der Waals surface area (Å²) in [7, 11) is -3.05. The van der Waals surface area contributed by atoms with Crippen molar-refractivity contribution >= 4 is 66.7 Å². The maximum absolute atomic E-state index is 14.9. The van der Waals surface area contributed by atoms with E-state index in [1.165, 1.54) is 5.39 Å². The van der Waals surface area contributed by atoms with E-state index in [4.69, 9.17) is 9.40 Å². The molecule has 0 spiro atoms. The SMILES string of the molecule is O=P(c1ccccc1)(c1ccccc1)c1ccc(-c2ccc3nc(-c4cccc5ccccc45)c4oc5ccccc5c4c3c2)cc1. The molecule has 0 N–H and O–H groups in total. The molecule has 0 radical (unpaired) electrons. The van der Waals surface area contributed by atoms with Crippen LogP contribution in [0.3, 0.4) is 0 Å². The average molecular weight is 622 g/mol. The van der Waals surface area contributed by atoms with Crippen LogP contribution in [0.2, 0.25) is 0 Å². The normalized spacial score (nSPS) is 11.9. The van der Waals surface area contributed by atoms with Crippen LogP contribution in [-0.2, 0) is 4.57 Å². The van der Waals surface area contributed by atoms with E-state index in [1.54, 1.807) is 0 Å². The number of fused-ring (bicyclic) bond motifs is 6. The van der Waals surface area contributed by atoms with Gasteiger partial charge in [-0.15, -0.1) is 0 Å². The molecule has 47 heavy (non-hydrogen) atoms. The molecule has 2 aromatic heterocycles. The van der Waals surface area contributed by atoms with Crippen molar-refractivity contribution in [3.05, 3.63) is 170 Å². The predicted molar refractivity (Wildman–Crippen MR) is 197 cm³/mol.